The standard InChI is InChI=1S/C20H19N3O3/c1-13(14-7-3-2-4-8-14)22-18(24)12-23-11-16(19(25)20(21)26)15-9-5-6-10-17(15)23/h2-11,13H,12H2,1H3,(H2,21,26)(H,22,24)/t13-/m0/s1. The zero-order valence-electron chi connectivity index (χ0n) is 14.3. The van der Waals surface area contributed by atoms with Crippen LogP contribution in [0.1, 0.15) is 28.9 Å². The van der Waals surface area contributed by atoms with Gasteiger partial charge in [0.15, 0.2) is 0 Å². The topological polar surface area (TPSA) is 94.2 Å². The maximum absolute atomic E-state index is 12.4. The molecule has 0 spiro atoms. The van der Waals surface area contributed by atoms with E-state index in [0.717, 1.165) is 5.56 Å². The zero-order chi connectivity index (χ0) is 18.7. The molecule has 0 radical (unpaired) electrons. The van der Waals surface area contributed by atoms with Crippen molar-refractivity contribution in [3.8, 4) is 0 Å². The van der Waals surface area contributed by atoms with Crippen LogP contribution in [0.3, 0.4) is 0 Å². The Morgan fingerprint density at radius 1 is 1.04 bits per heavy atom. The molecule has 3 N–H and O–H groups in total. The van der Waals surface area contributed by atoms with Crippen molar-refractivity contribution in [1.29, 1.82) is 0 Å². The zero-order valence-corrected chi connectivity index (χ0v) is 14.3. The van der Waals surface area contributed by atoms with E-state index >= 15 is 0 Å². The number of hydrogen-bond acceptors (Lipinski definition) is 3. The van der Waals surface area contributed by atoms with E-state index in [4.69, 9.17) is 5.73 Å². The Hall–Kier alpha value is -3.41. The van der Waals surface area contributed by atoms with Gasteiger partial charge in [-0.15, -0.1) is 0 Å². The van der Waals surface area contributed by atoms with E-state index < -0.39 is 11.7 Å². The molecule has 3 aromatic rings. The van der Waals surface area contributed by atoms with Crippen molar-refractivity contribution >= 4 is 28.5 Å². The van der Waals surface area contributed by atoms with Crippen molar-refractivity contribution in [3.05, 3.63) is 71.9 Å². The number of nitrogens with two attached hydrogens (primary N) is 1. The molecule has 3 rings (SSSR count). The van der Waals surface area contributed by atoms with Crippen LogP contribution < -0.4 is 11.1 Å². The summed E-state index contributed by atoms with van der Waals surface area (Å²) in [6, 6.07) is 16.6. The number of para-hydroxylation sites is 1. The van der Waals surface area contributed by atoms with E-state index in [0.29, 0.717) is 10.9 Å². The van der Waals surface area contributed by atoms with Crippen molar-refractivity contribution < 1.29 is 14.4 Å². The lowest BCUT2D eigenvalue weighted by atomic mass is 10.1. The fourth-order valence-corrected chi connectivity index (χ4v) is 2.96. The van der Waals surface area contributed by atoms with Gasteiger partial charge in [-0.3, -0.25) is 14.4 Å². The minimum atomic E-state index is -1.02. The minimum absolute atomic E-state index is 0.0315. The normalized spacial score (nSPS) is 11.9. The monoisotopic (exact) mass is 349 g/mol. The van der Waals surface area contributed by atoms with Gasteiger partial charge in [0.05, 0.1) is 11.6 Å². The molecule has 0 aliphatic carbocycles. The van der Waals surface area contributed by atoms with E-state index in [9.17, 15) is 14.4 Å². The highest BCUT2D eigenvalue weighted by atomic mass is 16.2. The molecule has 0 bridgehead atoms. The summed E-state index contributed by atoms with van der Waals surface area (Å²) in [6.45, 7) is 1.94. The third kappa shape index (κ3) is 3.49. The summed E-state index contributed by atoms with van der Waals surface area (Å²) in [5.74, 6) is -1.98. The number of nitrogens with one attached hydrogen (secondary N) is 1. The molecule has 6 heteroatoms. The number of amides is 2. The number of benzene rings is 2. The molecular weight excluding hydrogens is 330 g/mol. The maximum Gasteiger partial charge on any atom is 0.289 e. The van der Waals surface area contributed by atoms with E-state index in [1.807, 2.05) is 43.3 Å². The summed E-state index contributed by atoms with van der Waals surface area (Å²) in [6.07, 6.45) is 1.50. The highest BCUT2D eigenvalue weighted by Gasteiger charge is 2.20. The Morgan fingerprint density at radius 2 is 1.69 bits per heavy atom. The molecule has 0 aliphatic heterocycles. The SMILES string of the molecule is C[C@H](NC(=O)Cn1cc(C(=O)C(N)=O)c2ccccc21)c1ccccc1. The summed E-state index contributed by atoms with van der Waals surface area (Å²) in [7, 11) is 0. The third-order valence-corrected chi connectivity index (χ3v) is 4.25. The number of fused-ring (bicyclic) bond motifs is 1. The minimum Gasteiger partial charge on any atom is -0.363 e. The van der Waals surface area contributed by atoms with E-state index in [1.165, 1.54) is 6.20 Å². The Labute approximate surface area is 150 Å². The van der Waals surface area contributed by atoms with Crippen LogP contribution in [0.15, 0.2) is 60.8 Å². The average Bonchev–Trinajstić information content (AvgIpc) is 3.00. The number of ketones is 1. The number of aromatic nitrogens is 1. The van der Waals surface area contributed by atoms with Crippen molar-refractivity contribution in [2.75, 3.05) is 0 Å². The van der Waals surface area contributed by atoms with Crippen LogP contribution in [0.25, 0.3) is 10.9 Å². The van der Waals surface area contributed by atoms with Crippen LogP contribution in [0.2, 0.25) is 0 Å². The van der Waals surface area contributed by atoms with Crippen LogP contribution in [-0.4, -0.2) is 22.2 Å². The first-order valence-electron chi connectivity index (χ1n) is 8.23. The van der Waals surface area contributed by atoms with Gasteiger partial charge < -0.3 is 15.6 Å². The Kier molecular flexibility index (Phi) is 4.84. The molecular formula is C20H19N3O3. The van der Waals surface area contributed by atoms with E-state index in [2.05, 4.69) is 5.32 Å². The predicted molar refractivity (Wildman–Crippen MR) is 98.5 cm³/mol. The third-order valence-electron chi connectivity index (χ3n) is 4.25. The highest BCUT2D eigenvalue weighted by Crippen LogP contribution is 2.22. The lowest BCUT2D eigenvalue weighted by molar-refractivity contribution is -0.122. The summed E-state index contributed by atoms with van der Waals surface area (Å²) in [5, 5.41) is 3.53. The summed E-state index contributed by atoms with van der Waals surface area (Å²) < 4.78 is 1.65. The van der Waals surface area contributed by atoms with Gasteiger partial charge in [0.25, 0.3) is 11.7 Å². The second kappa shape index (κ2) is 7.23. The first-order chi connectivity index (χ1) is 12.5. The number of primary amides is 1. The lowest BCUT2D eigenvalue weighted by Crippen LogP contribution is -2.30. The number of hydrogen-bond donors (Lipinski definition) is 2. The quantitative estimate of drug-likeness (QED) is 0.527. The second-order valence-corrected chi connectivity index (χ2v) is 6.08. The van der Waals surface area contributed by atoms with Crippen molar-refractivity contribution in [1.82, 2.24) is 9.88 Å². The predicted octanol–water partition coefficient (Wildman–Crippen LogP) is 2.19. The van der Waals surface area contributed by atoms with Gasteiger partial charge in [-0.1, -0.05) is 48.5 Å². The summed E-state index contributed by atoms with van der Waals surface area (Å²) in [4.78, 5) is 35.7. The summed E-state index contributed by atoms with van der Waals surface area (Å²) in [5.41, 5.74) is 7.03. The number of carbonyl (C=O) groups excluding carboxylic acids is 3. The molecule has 0 saturated heterocycles. The molecule has 26 heavy (non-hydrogen) atoms. The Morgan fingerprint density at radius 3 is 2.38 bits per heavy atom. The lowest BCUT2D eigenvalue weighted by Gasteiger charge is -2.15. The fraction of sp³-hybridized carbons (Fsp3) is 0.150. The highest BCUT2D eigenvalue weighted by molar-refractivity contribution is 6.44. The van der Waals surface area contributed by atoms with E-state index in [1.54, 1.807) is 22.8 Å². The molecule has 0 fully saturated rings. The van der Waals surface area contributed by atoms with Crippen molar-refractivity contribution in [2.24, 2.45) is 5.73 Å². The van der Waals surface area contributed by atoms with E-state index in [-0.39, 0.29) is 24.1 Å². The van der Waals surface area contributed by atoms with Crippen LogP contribution in [0.5, 0.6) is 0 Å². The van der Waals surface area contributed by atoms with Gasteiger partial charge in [0, 0.05) is 17.1 Å². The molecule has 0 aliphatic rings. The molecule has 2 aromatic carbocycles. The van der Waals surface area contributed by atoms with Gasteiger partial charge >= 0.3 is 0 Å². The van der Waals surface area contributed by atoms with Gasteiger partial charge in [-0.05, 0) is 18.6 Å². The molecule has 0 saturated carbocycles. The molecule has 132 valence electrons. The first-order valence-corrected chi connectivity index (χ1v) is 8.23. The number of Topliss-reactive ketones (excluding diaryl/α,β-unsaturated/α-hetero) is 1. The van der Waals surface area contributed by atoms with Crippen molar-refractivity contribution in [2.45, 2.75) is 19.5 Å². The first kappa shape index (κ1) is 17.4. The Balaban J connectivity index is 1.83. The smallest absolute Gasteiger partial charge is 0.289 e. The van der Waals surface area contributed by atoms with Gasteiger partial charge in [0.1, 0.15) is 6.54 Å². The second-order valence-electron chi connectivity index (χ2n) is 6.08. The average molecular weight is 349 g/mol. The van der Waals surface area contributed by atoms with Gasteiger partial charge in [-0.25, -0.2) is 0 Å². The molecule has 1 heterocycles. The van der Waals surface area contributed by atoms with Crippen LogP contribution in [0.4, 0.5) is 0 Å². The maximum atomic E-state index is 12.4. The molecule has 1 aromatic heterocycles. The van der Waals surface area contributed by atoms with Crippen LogP contribution in [-0.2, 0) is 16.1 Å². The number of carbonyl (C=O) groups is 3. The largest absolute Gasteiger partial charge is 0.363 e. The molecule has 6 nitrogen and oxygen atoms in total. The van der Waals surface area contributed by atoms with Crippen molar-refractivity contribution in [3.63, 3.8) is 0 Å². The fourth-order valence-electron chi connectivity index (χ4n) is 2.96. The molecule has 2 amide bonds. The van der Waals surface area contributed by atoms with Crippen LogP contribution >= 0.6 is 0 Å². The van der Waals surface area contributed by atoms with Gasteiger partial charge in [0.2, 0.25) is 5.91 Å². The molecule has 0 unspecified atom stereocenters. The number of rotatable bonds is 6. The molecule has 1 atom stereocenters. The number of nitrogens with zero attached hydrogens (tertiary/aromatic N) is 1. The Bertz CT molecular complexity index is 976. The van der Waals surface area contributed by atoms with Gasteiger partial charge in [-0.2, -0.15) is 0 Å². The van der Waals surface area contributed by atoms with Crippen LogP contribution in [0, 0.1) is 0 Å². The summed E-state index contributed by atoms with van der Waals surface area (Å²) >= 11 is 0.